The Labute approximate surface area is 115 Å². The predicted molar refractivity (Wildman–Crippen MR) is 76.4 cm³/mol. The van der Waals surface area contributed by atoms with Crippen LogP contribution in [-0.4, -0.2) is 17.0 Å². The number of nitro groups is 1. The number of methoxy groups -OCH3 is 1. The lowest BCUT2D eigenvalue weighted by atomic mass is 10.0. The zero-order valence-corrected chi connectivity index (χ0v) is 11.4. The number of hydrogen-bond acceptors (Lipinski definition) is 4. The van der Waals surface area contributed by atoms with Gasteiger partial charge in [0.05, 0.1) is 17.5 Å². The maximum absolute atomic E-state index is 11.7. The number of nitro benzene ring substituents is 1. The first-order valence-electron chi connectivity index (χ1n) is 6.45. The summed E-state index contributed by atoms with van der Waals surface area (Å²) >= 11 is 0. The number of nitrogens with zero attached hydrogens (tertiary/aromatic N) is 1. The molecule has 0 radical (unpaired) electrons. The summed E-state index contributed by atoms with van der Waals surface area (Å²) in [6.45, 7) is 2.06. The maximum Gasteiger partial charge on any atom is 0.311 e. The first-order valence-corrected chi connectivity index (χ1v) is 6.45. The van der Waals surface area contributed by atoms with Gasteiger partial charge in [-0.25, -0.2) is 0 Å². The highest BCUT2D eigenvalue weighted by molar-refractivity contribution is 5.86. The molecule has 0 aliphatic heterocycles. The Hall–Kier alpha value is -2.37. The Balaban J connectivity index is 2.71. The van der Waals surface area contributed by atoms with Crippen LogP contribution in [0, 0.1) is 10.1 Å². The lowest BCUT2D eigenvalue weighted by molar-refractivity contribution is -0.385. The summed E-state index contributed by atoms with van der Waals surface area (Å²) in [5.74, 6) is 0.144. The normalized spacial score (nSPS) is 10.7. The van der Waals surface area contributed by atoms with Gasteiger partial charge < -0.3 is 9.72 Å². The van der Waals surface area contributed by atoms with Gasteiger partial charge in [0.15, 0.2) is 5.75 Å². The van der Waals surface area contributed by atoms with E-state index in [1.165, 1.54) is 25.3 Å². The topological polar surface area (TPSA) is 85.2 Å². The van der Waals surface area contributed by atoms with E-state index in [1.54, 1.807) is 0 Å². The highest BCUT2D eigenvalue weighted by Gasteiger charge is 2.17. The van der Waals surface area contributed by atoms with Gasteiger partial charge in [-0.1, -0.05) is 13.3 Å². The van der Waals surface area contributed by atoms with E-state index in [0.29, 0.717) is 10.9 Å². The summed E-state index contributed by atoms with van der Waals surface area (Å²) < 4.78 is 5.01. The lowest BCUT2D eigenvalue weighted by Gasteiger charge is -2.08. The molecule has 1 aromatic carbocycles. The number of pyridine rings is 1. The van der Waals surface area contributed by atoms with Crippen molar-refractivity contribution in [3.8, 4) is 5.75 Å². The number of aromatic amines is 1. The standard InChI is InChI=1S/C14H16N2O4/c1-3-4-5-9-6-14(17)15-11-8-13(20-2)12(16(18)19)7-10(9)11/h6-8H,3-5H2,1-2H3,(H,15,17). The minimum atomic E-state index is -0.479. The van der Waals surface area contributed by atoms with Gasteiger partial charge in [-0.2, -0.15) is 0 Å². The molecule has 6 heteroatoms. The van der Waals surface area contributed by atoms with Gasteiger partial charge in [0.2, 0.25) is 5.56 Å². The third-order valence-corrected chi connectivity index (χ3v) is 3.22. The third-order valence-electron chi connectivity index (χ3n) is 3.22. The molecule has 0 fully saturated rings. The van der Waals surface area contributed by atoms with E-state index in [4.69, 9.17) is 4.74 Å². The number of H-pyrrole nitrogens is 1. The van der Waals surface area contributed by atoms with Crippen molar-refractivity contribution in [2.45, 2.75) is 26.2 Å². The van der Waals surface area contributed by atoms with Crippen LogP contribution in [0.4, 0.5) is 5.69 Å². The molecule has 0 aliphatic carbocycles. The van der Waals surface area contributed by atoms with Gasteiger partial charge in [-0.05, 0) is 18.4 Å². The van der Waals surface area contributed by atoms with Crippen molar-refractivity contribution >= 4 is 16.6 Å². The van der Waals surface area contributed by atoms with Crippen LogP contribution in [-0.2, 0) is 6.42 Å². The molecule has 2 rings (SSSR count). The van der Waals surface area contributed by atoms with Crippen LogP contribution in [0.1, 0.15) is 25.3 Å². The quantitative estimate of drug-likeness (QED) is 0.672. The molecule has 0 saturated heterocycles. The molecule has 1 heterocycles. The zero-order chi connectivity index (χ0) is 14.7. The number of hydrogen-bond donors (Lipinski definition) is 1. The summed E-state index contributed by atoms with van der Waals surface area (Å²) in [5.41, 5.74) is 1.09. The molecular weight excluding hydrogens is 260 g/mol. The summed E-state index contributed by atoms with van der Waals surface area (Å²) in [6, 6.07) is 4.48. The third kappa shape index (κ3) is 2.64. The SMILES string of the molecule is CCCCc1cc(=O)[nH]c2cc(OC)c([N+](=O)[O-])cc12. The van der Waals surface area contributed by atoms with E-state index >= 15 is 0 Å². The number of nitrogens with one attached hydrogen (secondary N) is 1. The second-order valence-electron chi connectivity index (χ2n) is 4.59. The first kappa shape index (κ1) is 14.0. The Kier molecular flexibility index (Phi) is 4.02. The summed E-state index contributed by atoms with van der Waals surface area (Å²) in [6.07, 6.45) is 2.64. The minimum absolute atomic E-state index is 0.0928. The molecule has 0 aliphatic rings. The first-order chi connectivity index (χ1) is 9.56. The van der Waals surface area contributed by atoms with Crippen LogP contribution in [0.5, 0.6) is 5.75 Å². The lowest BCUT2D eigenvalue weighted by Crippen LogP contribution is -2.07. The van der Waals surface area contributed by atoms with Gasteiger partial charge in [-0.15, -0.1) is 0 Å². The van der Waals surface area contributed by atoms with Gasteiger partial charge in [0, 0.05) is 23.6 Å². The molecule has 1 aromatic heterocycles. The number of fused-ring (bicyclic) bond motifs is 1. The van der Waals surface area contributed by atoms with Crippen LogP contribution in [0.3, 0.4) is 0 Å². The van der Waals surface area contributed by atoms with E-state index in [-0.39, 0.29) is 17.0 Å². The number of aryl methyl sites for hydroxylation is 1. The molecule has 0 spiro atoms. The Morgan fingerprint density at radius 1 is 1.35 bits per heavy atom. The molecule has 0 bridgehead atoms. The smallest absolute Gasteiger partial charge is 0.311 e. The summed E-state index contributed by atoms with van der Waals surface area (Å²) in [5, 5.41) is 11.8. The monoisotopic (exact) mass is 276 g/mol. The van der Waals surface area contributed by atoms with Crippen molar-refractivity contribution in [2.75, 3.05) is 7.11 Å². The number of rotatable bonds is 5. The van der Waals surface area contributed by atoms with Gasteiger partial charge in [0.1, 0.15) is 0 Å². The molecule has 1 N–H and O–H groups in total. The fourth-order valence-electron chi connectivity index (χ4n) is 2.22. The molecule has 0 saturated carbocycles. The maximum atomic E-state index is 11.7. The average molecular weight is 276 g/mol. The minimum Gasteiger partial charge on any atom is -0.490 e. The van der Waals surface area contributed by atoms with Crippen molar-refractivity contribution in [3.63, 3.8) is 0 Å². The van der Waals surface area contributed by atoms with Crippen molar-refractivity contribution < 1.29 is 9.66 Å². The summed E-state index contributed by atoms with van der Waals surface area (Å²) in [4.78, 5) is 24.9. The van der Waals surface area contributed by atoms with E-state index < -0.39 is 4.92 Å². The molecule has 2 aromatic rings. The highest BCUT2D eigenvalue weighted by Crippen LogP contribution is 2.32. The fraction of sp³-hybridized carbons (Fsp3) is 0.357. The van der Waals surface area contributed by atoms with Crippen LogP contribution in [0.25, 0.3) is 10.9 Å². The van der Waals surface area contributed by atoms with Crippen LogP contribution < -0.4 is 10.3 Å². The number of benzene rings is 1. The van der Waals surface area contributed by atoms with Gasteiger partial charge >= 0.3 is 5.69 Å². The molecule has 0 amide bonds. The number of ether oxygens (including phenoxy) is 1. The van der Waals surface area contributed by atoms with Crippen LogP contribution in [0.2, 0.25) is 0 Å². The molecule has 106 valence electrons. The van der Waals surface area contributed by atoms with E-state index in [2.05, 4.69) is 11.9 Å². The molecular formula is C14H16N2O4. The molecule has 0 unspecified atom stereocenters. The zero-order valence-electron chi connectivity index (χ0n) is 11.4. The van der Waals surface area contributed by atoms with E-state index in [0.717, 1.165) is 24.8 Å². The van der Waals surface area contributed by atoms with Crippen LogP contribution >= 0.6 is 0 Å². The van der Waals surface area contributed by atoms with E-state index in [1.807, 2.05) is 0 Å². The Bertz CT molecular complexity index is 706. The molecule has 20 heavy (non-hydrogen) atoms. The number of aromatic nitrogens is 1. The second-order valence-corrected chi connectivity index (χ2v) is 4.59. The van der Waals surface area contributed by atoms with Crippen molar-refractivity contribution in [1.29, 1.82) is 0 Å². The van der Waals surface area contributed by atoms with Crippen LogP contribution in [0.15, 0.2) is 23.0 Å². The van der Waals surface area contributed by atoms with Gasteiger partial charge in [0.25, 0.3) is 0 Å². The largest absolute Gasteiger partial charge is 0.490 e. The average Bonchev–Trinajstić information content (AvgIpc) is 2.42. The predicted octanol–water partition coefficient (Wildman–Crippen LogP) is 2.79. The highest BCUT2D eigenvalue weighted by atomic mass is 16.6. The fourth-order valence-corrected chi connectivity index (χ4v) is 2.22. The Morgan fingerprint density at radius 2 is 2.10 bits per heavy atom. The van der Waals surface area contributed by atoms with Crippen molar-refractivity contribution in [1.82, 2.24) is 4.98 Å². The molecule has 6 nitrogen and oxygen atoms in total. The van der Waals surface area contributed by atoms with Gasteiger partial charge in [-0.3, -0.25) is 14.9 Å². The summed E-state index contributed by atoms with van der Waals surface area (Å²) in [7, 11) is 1.37. The Morgan fingerprint density at radius 3 is 2.70 bits per heavy atom. The van der Waals surface area contributed by atoms with Crippen molar-refractivity contribution in [2.24, 2.45) is 0 Å². The van der Waals surface area contributed by atoms with Crippen molar-refractivity contribution in [3.05, 3.63) is 44.2 Å². The number of unbranched alkanes of at least 4 members (excludes halogenated alkanes) is 1. The molecule has 0 atom stereocenters. The second kappa shape index (κ2) is 5.73. The van der Waals surface area contributed by atoms with E-state index in [9.17, 15) is 14.9 Å².